The zero-order valence-corrected chi connectivity index (χ0v) is 35.3. The standard InChI is InChI=1S/C60H44N4/c1-5-15-41(16-6-1)42-25-27-43(28-26-42)55-40-56(62-60(61-55)45-17-7-2-8-18-45)44-31-34-50(35-32-44)63-51-37-46(29-30-48(38-51)52-21-11-4-12-23-57(52)63)47-33-36-59-54(39-47)53-22-13-14-24-58(53)64(59)49-19-9-3-10-20-49/h1-11,15-40,48H,12-14H2/t48-/m0/s1. The SMILES string of the molecule is C1=CCC=C2C(=C1)[C@H]1C=CC(c3ccc4c(c3)c3c(n4-c4ccccc4)=CCCC=3)=CC(=C1)N2c1ccc(-c2cc(-c3ccc(-c4ccccc4)cc3)nc(-c3ccccc3)n2)cc1. The summed E-state index contributed by atoms with van der Waals surface area (Å²) in [5.41, 5.74) is 16.9. The van der Waals surface area contributed by atoms with Crippen LogP contribution >= 0.6 is 0 Å². The van der Waals surface area contributed by atoms with Gasteiger partial charge < -0.3 is 9.47 Å². The molecule has 1 atom stereocenters. The van der Waals surface area contributed by atoms with E-state index in [9.17, 15) is 0 Å². The third kappa shape index (κ3) is 6.81. The Morgan fingerprint density at radius 3 is 1.94 bits per heavy atom. The molecule has 0 spiro atoms. The van der Waals surface area contributed by atoms with E-state index in [2.05, 4.69) is 216 Å². The molecule has 3 aliphatic carbocycles. The number of hydrogen-bond acceptors (Lipinski definition) is 3. The predicted octanol–water partition coefficient (Wildman–Crippen LogP) is 13.2. The van der Waals surface area contributed by atoms with Crippen molar-refractivity contribution in [3.63, 3.8) is 0 Å². The smallest absolute Gasteiger partial charge is 0.160 e. The Hall–Kier alpha value is -8.08. The fourth-order valence-electron chi connectivity index (χ4n) is 9.72. The van der Waals surface area contributed by atoms with E-state index in [1.807, 2.05) is 18.2 Å². The normalized spacial score (nSPS) is 16.2. The molecule has 0 saturated heterocycles. The number of anilines is 1. The van der Waals surface area contributed by atoms with Gasteiger partial charge in [-0.05, 0) is 102 Å². The van der Waals surface area contributed by atoms with Crippen LogP contribution in [0.25, 0.3) is 79.3 Å². The van der Waals surface area contributed by atoms with Crippen molar-refractivity contribution >= 4 is 34.3 Å². The monoisotopic (exact) mass is 820 g/mol. The third-order valence-corrected chi connectivity index (χ3v) is 12.9. The van der Waals surface area contributed by atoms with Crippen molar-refractivity contribution in [2.45, 2.75) is 19.3 Å². The Labute approximate surface area is 373 Å². The van der Waals surface area contributed by atoms with E-state index in [4.69, 9.17) is 9.97 Å². The predicted molar refractivity (Wildman–Crippen MR) is 266 cm³/mol. The lowest BCUT2D eigenvalue weighted by Crippen LogP contribution is -2.30. The van der Waals surface area contributed by atoms with Crippen LogP contribution in [0.15, 0.2) is 229 Å². The number of fused-ring (bicyclic) bond motifs is 6. The molecule has 12 rings (SSSR count). The van der Waals surface area contributed by atoms with Crippen LogP contribution in [0, 0.1) is 5.92 Å². The van der Waals surface area contributed by atoms with E-state index in [-0.39, 0.29) is 5.92 Å². The molecule has 0 radical (unpaired) electrons. The third-order valence-electron chi connectivity index (χ3n) is 12.9. The molecular weight excluding hydrogens is 777 g/mol. The van der Waals surface area contributed by atoms with Crippen molar-refractivity contribution in [2.24, 2.45) is 5.92 Å². The van der Waals surface area contributed by atoms with Gasteiger partial charge >= 0.3 is 0 Å². The molecule has 304 valence electrons. The van der Waals surface area contributed by atoms with Gasteiger partial charge in [0.05, 0.1) is 16.9 Å². The second-order valence-electron chi connectivity index (χ2n) is 16.8. The van der Waals surface area contributed by atoms with Gasteiger partial charge in [-0.15, -0.1) is 0 Å². The summed E-state index contributed by atoms with van der Waals surface area (Å²) in [6, 6.07) is 58.3. The van der Waals surface area contributed by atoms with Crippen LogP contribution in [0.5, 0.6) is 0 Å². The number of allylic oxidation sites excluding steroid dienone is 10. The summed E-state index contributed by atoms with van der Waals surface area (Å²) in [6.07, 6.45) is 26.4. The highest BCUT2D eigenvalue weighted by Crippen LogP contribution is 2.43. The highest BCUT2D eigenvalue weighted by atomic mass is 15.2. The van der Waals surface area contributed by atoms with Crippen LogP contribution in [-0.4, -0.2) is 14.5 Å². The number of hydrogen-bond donors (Lipinski definition) is 0. The lowest BCUT2D eigenvalue weighted by atomic mass is 9.89. The van der Waals surface area contributed by atoms with Crippen molar-refractivity contribution in [1.82, 2.24) is 14.5 Å². The van der Waals surface area contributed by atoms with E-state index in [1.54, 1.807) is 0 Å². The van der Waals surface area contributed by atoms with Gasteiger partial charge in [0.25, 0.3) is 0 Å². The number of aromatic nitrogens is 3. The lowest BCUT2D eigenvalue weighted by molar-refractivity contribution is 0.887. The summed E-state index contributed by atoms with van der Waals surface area (Å²) in [5.74, 6) is 0.863. The fraction of sp³-hybridized carbons (Fsp3) is 0.0667. The summed E-state index contributed by atoms with van der Waals surface area (Å²) in [5, 5.41) is 3.92. The Balaban J connectivity index is 0.929. The van der Waals surface area contributed by atoms with E-state index in [0.717, 1.165) is 53.0 Å². The molecule has 0 fully saturated rings. The molecule has 8 aromatic rings. The van der Waals surface area contributed by atoms with Gasteiger partial charge in [0, 0.05) is 61.3 Å². The van der Waals surface area contributed by atoms with Crippen molar-refractivity contribution in [2.75, 3.05) is 4.90 Å². The average molecular weight is 821 g/mol. The molecule has 2 bridgehead atoms. The highest BCUT2D eigenvalue weighted by Gasteiger charge is 2.30. The largest absolute Gasteiger partial charge is 0.311 e. The molecule has 3 heterocycles. The lowest BCUT2D eigenvalue weighted by Gasteiger charge is -2.36. The van der Waals surface area contributed by atoms with Crippen molar-refractivity contribution in [3.05, 3.63) is 245 Å². The summed E-state index contributed by atoms with van der Waals surface area (Å²) in [4.78, 5) is 12.7. The van der Waals surface area contributed by atoms with Crippen LogP contribution in [-0.2, 0) is 0 Å². The van der Waals surface area contributed by atoms with Gasteiger partial charge in [-0.2, -0.15) is 0 Å². The van der Waals surface area contributed by atoms with Gasteiger partial charge in [-0.25, -0.2) is 9.97 Å². The van der Waals surface area contributed by atoms with Gasteiger partial charge in [0.1, 0.15) is 0 Å². The molecule has 6 aromatic carbocycles. The van der Waals surface area contributed by atoms with Crippen LogP contribution < -0.4 is 15.5 Å². The Kier molecular flexibility index (Phi) is 9.41. The van der Waals surface area contributed by atoms with E-state index >= 15 is 0 Å². The number of para-hydroxylation sites is 1. The van der Waals surface area contributed by atoms with Gasteiger partial charge in [-0.3, -0.25) is 0 Å². The van der Waals surface area contributed by atoms with Crippen molar-refractivity contribution in [1.29, 1.82) is 0 Å². The molecular formula is C60H44N4. The molecule has 2 aromatic heterocycles. The number of benzene rings is 6. The number of rotatable bonds is 7. The first-order valence-electron chi connectivity index (χ1n) is 22.3. The highest BCUT2D eigenvalue weighted by molar-refractivity contribution is 5.91. The maximum absolute atomic E-state index is 5.17. The molecule has 1 aliphatic heterocycles. The summed E-state index contributed by atoms with van der Waals surface area (Å²) >= 11 is 0. The van der Waals surface area contributed by atoms with Crippen molar-refractivity contribution in [3.8, 4) is 50.7 Å². The first-order chi connectivity index (χ1) is 31.7. The average Bonchev–Trinajstić information content (AvgIpc) is 3.49. The fourth-order valence-corrected chi connectivity index (χ4v) is 9.72. The summed E-state index contributed by atoms with van der Waals surface area (Å²) in [6.45, 7) is 0. The maximum Gasteiger partial charge on any atom is 0.160 e. The van der Waals surface area contributed by atoms with Crippen LogP contribution in [0.4, 0.5) is 5.69 Å². The first-order valence-corrected chi connectivity index (χ1v) is 22.3. The van der Waals surface area contributed by atoms with E-state index in [1.165, 1.54) is 66.4 Å². The minimum Gasteiger partial charge on any atom is -0.311 e. The molecule has 0 N–H and O–H groups in total. The van der Waals surface area contributed by atoms with E-state index in [0.29, 0.717) is 5.82 Å². The van der Waals surface area contributed by atoms with Crippen LogP contribution in [0.3, 0.4) is 0 Å². The Morgan fingerprint density at radius 2 is 1.19 bits per heavy atom. The molecule has 0 unspecified atom stereocenters. The molecule has 4 aliphatic rings. The van der Waals surface area contributed by atoms with E-state index < -0.39 is 0 Å². The molecule has 0 saturated carbocycles. The topological polar surface area (TPSA) is 34.0 Å². The second-order valence-corrected chi connectivity index (χ2v) is 16.8. The Bertz CT molecular complexity index is 3420. The van der Waals surface area contributed by atoms with Gasteiger partial charge in [-0.1, -0.05) is 170 Å². The van der Waals surface area contributed by atoms with Crippen LogP contribution in [0.1, 0.15) is 24.8 Å². The first kappa shape index (κ1) is 37.7. The second kappa shape index (κ2) is 16.0. The Morgan fingerprint density at radius 1 is 0.547 bits per heavy atom. The van der Waals surface area contributed by atoms with Gasteiger partial charge in [0.2, 0.25) is 0 Å². The minimum absolute atomic E-state index is 0.157. The summed E-state index contributed by atoms with van der Waals surface area (Å²) in [7, 11) is 0. The molecule has 0 amide bonds. The quantitative estimate of drug-likeness (QED) is 0.161. The number of nitrogens with zero attached hydrogens (tertiary/aromatic N) is 4. The van der Waals surface area contributed by atoms with Crippen molar-refractivity contribution < 1.29 is 0 Å². The maximum atomic E-state index is 5.17. The zero-order valence-electron chi connectivity index (χ0n) is 35.3. The van der Waals surface area contributed by atoms with Crippen LogP contribution in [0.2, 0.25) is 0 Å². The minimum atomic E-state index is 0.157. The molecule has 4 heteroatoms. The molecule has 64 heavy (non-hydrogen) atoms. The zero-order chi connectivity index (χ0) is 42.4. The van der Waals surface area contributed by atoms with Gasteiger partial charge in [0.15, 0.2) is 5.82 Å². The molecule has 4 nitrogen and oxygen atoms in total. The summed E-state index contributed by atoms with van der Waals surface area (Å²) < 4.78 is 2.43.